The summed E-state index contributed by atoms with van der Waals surface area (Å²) in [4.78, 5) is 12.0. The van der Waals surface area contributed by atoms with Crippen molar-refractivity contribution in [3.63, 3.8) is 0 Å². The second-order valence-electron chi connectivity index (χ2n) is 5.81. The summed E-state index contributed by atoms with van der Waals surface area (Å²) in [5.74, 6) is 0.124. The number of nitrogens with two attached hydrogens (primary N) is 1. The van der Waals surface area contributed by atoms with Gasteiger partial charge in [0.05, 0.1) is 24.3 Å². The zero-order valence-corrected chi connectivity index (χ0v) is 13.2. The van der Waals surface area contributed by atoms with Crippen molar-refractivity contribution in [2.75, 3.05) is 11.9 Å². The zero-order valence-electron chi connectivity index (χ0n) is 13.2. The van der Waals surface area contributed by atoms with E-state index in [9.17, 15) is 9.90 Å². The van der Waals surface area contributed by atoms with Crippen LogP contribution in [-0.2, 0) is 16.1 Å². The van der Waals surface area contributed by atoms with Gasteiger partial charge in [0.2, 0.25) is 5.91 Å². The first kappa shape index (κ1) is 17.6. The van der Waals surface area contributed by atoms with Crippen LogP contribution in [0, 0.1) is 0 Å². The Kier molecular flexibility index (Phi) is 6.32. The Hall–Kier alpha value is -1.44. The molecule has 0 fully saturated rings. The third-order valence-corrected chi connectivity index (χ3v) is 2.81. The van der Waals surface area contributed by atoms with Crippen LogP contribution in [0.15, 0.2) is 12.3 Å². The molecule has 0 saturated heterocycles. The van der Waals surface area contributed by atoms with Gasteiger partial charge >= 0.3 is 0 Å². The van der Waals surface area contributed by atoms with E-state index >= 15 is 0 Å². The van der Waals surface area contributed by atoms with Crippen molar-refractivity contribution < 1.29 is 14.6 Å². The number of carbonyl (C=O) groups is 1. The van der Waals surface area contributed by atoms with Crippen LogP contribution in [0.2, 0.25) is 0 Å². The molecule has 0 aliphatic rings. The number of ether oxygens (including phenoxy) is 1. The van der Waals surface area contributed by atoms with Gasteiger partial charge in [-0.3, -0.25) is 9.48 Å². The molecule has 0 aliphatic carbocycles. The van der Waals surface area contributed by atoms with Crippen LogP contribution < -0.4 is 11.1 Å². The Bertz CT molecular complexity index is 453. The largest absolute Gasteiger partial charge is 0.389 e. The molecule has 0 radical (unpaired) electrons. The first-order valence-electron chi connectivity index (χ1n) is 7.15. The quantitative estimate of drug-likeness (QED) is 0.657. The normalized spacial score (nSPS) is 14.8. The smallest absolute Gasteiger partial charge is 0.242 e. The SMILES string of the molecule is CCO[C@H](C)C[C@H](N)C(=O)Nc1ccn(CC(C)(C)O)n1. The second kappa shape index (κ2) is 7.53. The van der Waals surface area contributed by atoms with Crippen LogP contribution in [0.4, 0.5) is 5.82 Å². The van der Waals surface area contributed by atoms with E-state index in [1.54, 1.807) is 30.8 Å². The summed E-state index contributed by atoms with van der Waals surface area (Å²) in [7, 11) is 0. The molecule has 1 rings (SSSR count). The fourth-order valence-corrected chi connectivity index (χ4v) is 1.95. The highest BCUT2D eigenvalue weighted by molar-refractivity contribution is 5.93. The molecule has 1 aromatic heterocycles. The van der Waals surface area contributed by atoms with Crippen LogP contribution in [0.5, 0.6) is 0 Å². The molecule has 2 atom stereocenters. The summed E-state index contributed by atoms with van der Waals surface area (Å²) in [5.41, 5.74) is 4.97. The number of carbonyl (C=O) groups excluding carboxylic acids is 1. The molecule has 4 N–H and O–H groups in total. The molecule has 1 aromatic rings. The van der Waals surface area contributed by atoms with Crippen molar-refractivity contribution >= 4 is 11.7 Å². The Morgan fingerprint density at radius 2 is 2.29 bits per heavy atom. The van der Waals surface area contributed by atoms with Crippen molar-refractivity contribution in [1.82, 2.24) is 9.78 Å². The van der Waals surface area contributed by atoms with Crippen molar-refractivity contribution in [1.29, 1.82) is 0 Å². The van der Waals surface area contributed by atoms with Crippen molar-refractivity contribution in [2.24, 2.45) is 5.73 Å². The fourth-order valence-electron chi connectivity index (χ4n) is 1.95. The van der Waals surface area contributed by atoms with Crippen molar-refractivity contribution in [3.8, 4) is 0 Å². The maximum Gasteiger partial charge on any atom is 0.242 e. The first-order valence-corrected chi connectivity index (χ1v) is 7.15. The Balaban J connectivity index is 2.51. The minimum Gasteiger partial charge on any atom is -0.389 e. The van der Waals surface area contributed by atoms with E-state index in [1.807, 2.05) is 13.8 Å². The topological polar surface area (TPSA) is 102 Å². The second-order valence-corrected chi connectivity index (χ2v) is 5.81. The first-order chi connectivity index (χ1) is 9.71. The average molecular weight is 298 g/mol. The van der Waals surface area contributed by atoms with Gasteiger partial charge in [0.15, 0.2) is 5.82 Å². The highest BCUT2D eigenvalue weighted by Crippen LogP contribution is 2.09. The molecule has 7 nitrogen and oxygen atoms in total. The average Bonchev–Trinajstić information content (AvgIpc) is 2.73. The number of aromatic nitrogens is 2. The summed E-state index contributed by atoms with van der Waals surface area (Å²) >= 11 is 0. The molecular formula is C14H26N4O3. The summed E-state index contributed by atoms with van der Waals surface area (Å²) in [6.07, 6.45) is 2.08. The Morgan fingerprint density at radius 3 is 2.86 bits per heavy atom. The number of rotatable bonds is 8. The number of hydrogen-bond donors (Lipinski definition) is 3. The van der Waals surface area contributed by atoms with E-state index in [4.69, 9.17) is 10.5 Å². The summed E-state index contributed by atoms with van der Waals surface area (Å²) in [6.45, 7) is 8.11. The predicted molar refractivity (Wildman–Crippen MR) is 80.8 cm³/mol. The van der Waals surface area contributed by atoms with Gasteiger partial charge in [0, 0.05) is 18.9 Å². The number of aliphatic hydroxyl groups is 1. The molecule has 0 aromatic carbocycles. The third kappa shape index (κ3) is 6.70. The zero-order chi connectivity index (χ0) is 16.0. The number of nitrogens with one attached hydrogen (secondary N) is 1. The van der Waals surface area contributed by atoms with Crippen LogP contribution in [0.3, 0.4) is 0 Å². The molecule has 1 heterocycles. The van der Waals surface area contributed by atoms with Gasteiger partial charge in [0.1, 0.15) is 0 Å². The van der Waals surface area contributed by atoms with Crippen LogP contribution in [-0.4, -0.2) is 45.1 Å². The number of anilines is 1. The number of amides is 1. The maximum absolute atomic E-state index is 12.0. The third-order valence-electron chi connectivity index (χ3n) is 2.81. The summed E-state index contributed by atoms with van der Waals surface area (Å²) < 4.78 is 6.94. The molecule has 120 valence electrons. The predicted octanol–water partition coefficient (Wildman–Crippen LogP) is 0.735. The van der Waals surface area contributed by atoms with Gasteiger partial charge in [0.25, 0.3) is 0 Å². The lowest BCUT2D eigenvalue weighted by Crippen LogP contribution is -2.38. The standard InChI is InChI=1S/C14H26N4O3/c1-5-21-10(2)8-11(15)13(19)16-12-6-7-18(17-12)9-14(3,4)20/h6-7,10-11,20H,5,8-9,15H2,1-4H3,(H,16,17,19)/t10-,11+/m1/s1. The minimum atomic E-state index is -0.864. The van der Waals surface area contributed by atoms with Crippen LogP contribution >= 0.6 is 0 Å². The lowest BCUT2D eigenvalue weighted by molar-refractivity contribution is -0.118. The van der Waals surface area contributed by atoms with Gasteiger partial charge < -0.3 is 20.9 Å². The van der Waals surface area contributed by atoms with Crippen LogP contribution in [0.1, 0.15) is 34.1 Å². The lowest BCUT2D eigenvalue weighted by Gasteiger charge is -2.17. The molecule has 0 spiro atoms. The van der Waals surface area contributed by atoms with E-state index in [0.29, 0.717) is 25.4 Å². The molecule has 0 unspecified atom stereocenters. The summed E-state index contributed by atoms with van der Waals surface area (Å²) in [5, 5.41) is 16.6. The van der Waals surface area contributed by atoms with Gasteiger partial charge in [-0.15, -0.1) is 0 Å². The molecule has 0 aliphatic heterocycles. The maximum atomic E-state index is 12.0. The molecule has 1 amide bonds. The number of hydrogen-bond acceptors (Lipinski definition) is 5. The lowest BCUT2D eigenvalue weighted by atomic mass is 10.1. The van der Waals surface area contributed by atoms with Gasteiger partial charge in [-0.25, -0.2) is 0 Å². The molecule has 21 heavy (non-hydrogen) atoms. The van der Waals surface area contributed by atoms with E-state index in [1.165, 1.54) is 0 Å². The molecular weight excluding hydrogens is 272 g/mol. The van der Waals surface area contributed by atoms with Crippen molar-refractivity contribution in [2.45, 2.75) is 58.4 Å². The fraction of sp³-hybridized carbons (Fsp3) is 0.714. The van der Waals surface area contributed by atoms with E-state index in [2.05, 4.69) is 10.4 Å². The van der Waals surface area contributed by atoms with E-state index in [-0.39, 0.29) is 12.0 Å². The monoisotopic (exact) mass is 298 g/mol. The Labute approximate surface area is 125 Å². The van der Waals surface area contributed by atoms with Gasteiger partial charge in [-0.2, -0.15) is 5.10 Å². The highest BCUT2D eigenvalue weighted by atomic mass is 16.5. The van der Waals surface area contributed by atoms with Crippen molar-refractivity contribution in [3.05, 3.63) is 12.3 Å². The Morgan fingerprint density at radius 1 is 1.62 bits per heavy atom. The van der Waals surface area contributed by atoms with Gasteiger partial charge in [-0.05, 0) is 34.1 Å². The summed E-state index contributed by atoms with van der Waals surface area (Å²) in [6, 6.07) is 1.02. The number of nitrogens with zero attached hydrogens (tertiary/aromatic N) is 2. The van der Waals surface area contributed by atoms with Crippen LogP contribution in [0.25, 0.3) is 0 Å². The molecule has 0 bridgehead atoms. The highest BCUT2D eigenvalue weighted by Gasteiger charge is 2.19. The minimum absolute atomic E-state index is 0.0662. The van der Waals surface area contributed by atoms with E-state index < -0.39 is 11.6 Å². The molecule has 0 saturated carbocycles. The van der Waals surface area contributed by atoms with Gasteiger partial charge in [-0.1, -0.05) is 0 Å². The molecule has 7 heteroatoms. The van der Waals surface area contributed by atoms with E-state index in [0.717, 1.165) is 0 Å².